The molecular weight excluding hydrogens is 267 g/mol. The van der Waals surface area contributed by atoms with Gasteiger partial charge in [0.15, 0.2) is 12.1 Å². The van der Waals surface area contributed by atoms with E-state index in [4.69, 9.17) is 9.79 Å². The lowest BCUT2D eigenvalue weighted by molar-refractivity contribution is -0.114. The standard InChI is InChI=1S/C12H15N2O4P/c1-9(2)12(15)7-10-3-5-11(6-4-10)14-13-8-19(16,17)18/h3-6H,1,7-8H2,2H3,(H2,16,17,18). The van der Waals surface area contributed by atoms with Crippen molar-refractivity contribution < 1.29 is 19.1 Å². The fourth-order valence-electron chi connectivity index (χ4n) is 1.21. The second-order valence-corrected chi connectivity index (χ2v) is 5.71. The van der Waals surface area contributed by atoms with Crippen molar-refractivity contribution in [3.63, 3.8) is 0 Å². The van der Waals surface area contributed by atoms with Crippen molar-refractivity contribution in [2.45, 2.75) is 13.3 Å². The van der Waals surface area contributed by atoms with Gasteiger partial charge in [0.2, 0.25) is 0 Å². The van der Waals surface area contributed by atoms with Crippen molar-refractivity contribution in [1.82, 2.24) is 0 Å². The summed E-state index contributed by atoms with van der Waals surface area (Å²) < 4.78 is 10.6. The highest BCUT2D eigenvalue weighted by molar-refractivity contribution is 7.51. The van der Waals surface area contributed by atoms with Crippen LogP contribution in [0.4, 0.5) is 5.69 Å². The summed E-state index contributed by atoms with van der Waals surface area (Å²) >= 11 is 0. The molecule has 0 fully saturated rings. The summed E-state index contributed by atoms with van der Waals surface area (Å²) in [5.41, 5.74) is 1.80. The molecule has 1 aromatic carbocycles. The zero-order valence-corrected chi connectivity index (χ0v) is 11.4. The van der Waals surface area contributed by atoms with Gasteiger partial charge in [-0.05, 0) is 30.2 Å². The van der Waals surface area contributed by atoms with Gasteiger partial charge in [0.05, 0.1) is 5.69 Å². The number of azo groups is 1. The number of ketones is 1. The van der Waals surface area contributed by atoms with E-state index in [9.17, 15) is 9.36 Å². The van der Waals surface area contributed by atoms with E-state index in [0.29, 0.717) is 11.3 Å². The zero-order chi connectivity index (χ0) is 14.5. The number of benzene rings is 1. The Hall–Kier alpha value is -1.62. The maximum atomic E-state index is 11.5. The minimum absolute atomic E-state index is 0.0316. The number of nitrogens with zero attached hydrogens (tertiary/aromatic N) is 2. The van der Waals surface area contributed by atoms with Gasteiger partial charge >= 0.3 is 7.60 Å². The average Bonchev–Trinajstić information content (AvgIpc) is 2.29. The van der Waals surface area contributed by atoms with Gasteiger partial charge in [-0.15, -0.1) is 0 Å². The fraction of sp³-hybridized carbons (Fsp3) is 0.250. The van der Waals surface area contributed by atoms with Crippen molar-refractivity contribution in [2.24, 2.45) is 10.2 Å². The first-order valence-corrected chi connectivity index (χ1v) is 7.27. The van der Waals surface area contributed by atoms with Crippen LogP contribution in [0.15, 0.2) is 46.6 Å². The van der Waals surface area contributed by atoms with Gasteiger partial charge in [0, 0.05) is 6.42 Å². The molecule has 0 unspecified atom stereocenters. The Morgan fingerprint density at radius 1 is 1.32 bits per heavy atom. The van der Waals surface area contributed by atoms with Gasteiger partial charge in [0.25, 0.3) is 0 Å². The van der Waals surface area contributed by atoms with Crippen LogP contribution in [0.25, 0.3) is 0 Å². The monoisotopic (exact) mass is 282 g/mol. The first kappa shape index (κ1) is 15.4. The van der Waals surface area contributed by atoms with E-state index < -0.39 is 13.9 Å². The zero-order valence-electron chi connectivity index (χ0n) is 10.5. The van der Waals surface area contributed by atoms with Crippen LogP contribution in [-0.4, -0.2) is 21.9 Å². The van der Waals surface area contributed by atoms with E-state index in [0.717, 1.165) is 5.56 Å². The number of hydrogen-bond acceptors (Lipinski definition) is 4. The molecule has 0 spiro atoms. The first-order chi connectivity index (χ1) is 8.78. The summed E-state index contributed by atoms with van der Waals surface area (Å²) in [5, 5.41) is 7.09. The smallest absolute Gasteiger partial charge is 0.323 e. The van der Waals surface area contributed by atoms with E-state index in [2.05, 4.69) is 16.8 Å². The highest BCUT2D eigenvalue weighted by atomic mass is 31.2. The Bertz CT molecular complexity index is 545. The lowest BCUT2D eigenvalue weighted by atomic mass is 10.1. The number of carbonyl (C=O) groups is 1. The second kappa shape index (κ2) is 6.52. The highest BCUT2D eigenvalue weighted by Crippen LogP contribution is 2.34. The normalized spacial score (nSPS) is 11.7. The average molecular weight is 282 g/mol. The Morgan fingerprint density at radius 3 is 2.37 bits per heavy atom. The van der Waals surface area contributed by atoms with E-state index in [1.54, 1.807) is 31.2 Å². The first-order valence-electron chi connectivity index (χ1n) is 5.47. The molecule has 0 amide bonds. The largest absolute Gasteiger partial charge is 0.348 e. The molecule has 7 heteroatoms. The highest BCUT2D eigenvalue weighted by Gasteiger charge is 2.10. The molecular formula is C12H15N2O4P. The molecule has 0 aliphatic heterocycles. The summed E-state index contributed by atoms with van der Waals surface area (Å²) in [4.78, 5) is 28.7. The van der Waals surface area contributed by atoms with Crippen molar-refractivity contribution >= 4 is 19.1 Å². The van der Waals surface area contributed by atoms with Crippen molar-refractivity contribution in [3.8, 4) is 0 Å². The topological polar surface area (TPSA) is 99.3 Å². The van der Waals surface area contributed by atoms with Crippen LogP contribution in [0.1, 0.15) is 12.5 Å². The molecule has 0 radical (unpaired) electrons. The molecule has 1 rings (SSSR count). The van der Waals surface area contributed by atoms with Crippen molar-refractivity contribution in [2.75, 3.05) is 6.29 Å². The summed E-state index contributed by atoms with van der Waals surface area (Å²) in [7, 11) is -4.16. The third-order valence-electron chi connectivity index (χ3n) is 2.21. The molecule has 0 aromatic heterocycles. The molecule has 0 saturated carbocycles. The SMILES string of the molecule is C=C(C)C(=O)Cc1ccc(N=NCP(=O)(O)O)cc1. The molecule has 0 atom stereocenters. The third-order valence-corrected chi connectivity index (χ3v) is 2.71. The maximum absolute atomic E-state index is 11.5. The van der Waals surface area contributed by atoms with E-state index in [1.807, 2.05) is 0 Å². The Labute approximate surface area is 111 Å². The van der Waals surface area contributed by atoms with Gasteiger partial charge < -0.3 is 9.79 Å². The van der Waals surface area contributed by atoms with Crippen LogP contribution in [-0.2, 0) is 15.8 Å². The number of hydrogen-bond donors (Lipinski definition) is 2. The molecule has 0 aliphatic rings. The third kappa shape index (κ3) is 6.20. The molecule has 1 aromatic rings. The van der Waals surface area contributed by atoms with Gasteiger partial charge in [-0.25, -0.2) is 0 Å². The Balaban J connectivity index is 2.64. The second-order valence-electron chi connectivity index (χ2n) is 4.09. The Morgan fingerprint density at radius 2 is 1.89 bits per heavy atom. The molecule has 0 bridgehead atoms. The maximum Gasteiger partial charge on any atom is 0.348 e. The molecule has 19 heavy (non-hydrogen) atoms. The molecule has 2 N–H and O–H groups in total. The molecule has 0 aliphatic carbocycles. The van der Waals surface area contributed by atoms with E-state index in [-0.39, 0.29) is 12.2 Å². The van der Waals surface area contributed by atoms with Gasteiger partial charge in [0.1, 0.15) is 0 Å². The summed E-state index contributed by atoms with van der Waals surface area (Å²) in [5.74, 6) is -0.0316. The number of allylic oxidation sites excluding steroid dienone is 1. The fourth-order valence-corrected chi connectivity index (χ4v) is 1.44. The van der Waals surface area contributed by atoms with Crippen LogP contribution in [0, 0.1) is 0 Å². The summed E-state index contributed by atoms with van der Waals surface area (Å²) in [6.07, 6.45) is -0.363. The van der Waals surface area contributed by atoms with Gasteiger partial charge in [-0.3, -0.25) is 9.36 Å². The summed E-state index contributed by atoms with van der Waals surface area (Å²) in [6, 6.07) is 6.69. The van der Waals surface area contributed by atoms with E-state index >= 15 is 0 Å². The molecule has 0 heterocycles. The summed E-state index contributed by atoms with van der Waals surface area (Å²) in [6.45, 7) is 5.24. The van der Waals surface area contributed by atoms with Gasteiger partial charge in [-0.2, -0.15) is 10.2 Å². The van der Waals surface area contributed by atoms with Crippen LogP contribution in [0.5, 0.6) is 0 Å². The Kier molecular flexibility index (Phi) is 5.30. The quantitative estimate of drug-likeness (QED) is 0.476. The van der Waals surface area contributed by atoms with E-state index in [1.165, 1.54) is 0 Å². The van der Waals surface area contributed by atoms with Crippen LogP contribution >= 0.6 is 7.60 Å². The van der Waals surface area contributed by atoms with Crippen LogP contribution < -0.4 is 0 Å². The predicted octanol–water partition coefficient (Wildman–Crippen LogP) is 2.59. The number of carbonyl (C=O) groups excluding carboxylic acids is 1. The minimum Gasteiger partial charge on any atom is -0.323 e. The number of Topliss-reactive ketones (excluding diaryl/α,β-unsaturated/α-hetero) is 1. The number of rotatable bonds is 6. The molecule has 0 saturated heterocycles. The lowest BCUT2D eigenvalue weighted by Crippen LogP contribution is -2.02. The minimum atomic E-state index is -4.16. The molecule has 102 valence electrons. The van der Waals surface area contributed by atoms with Crippen LogP contribution in [0.2, 0.25) is 0 Å². The predicted molar refractivity (Wildman–Crippen MR) is 71.4 cm³/mol. The lowest BCUT2D eigenvalue weighted by Gasteiger charge is -2.01. The van der Waals surface area contributed by atoms with Crippen molar-refractivity contribution in [1.29, 1.82) is 0 Å². The van der Waals surface area contributed by atoms with Gasteiger partial charge in [-0.1, -0.05) is 18.7 Å². The molecule has 6 nitrogen and oxygen atoms in total. The van der Waals surface area contributed by atoms with Crippen molar-refractivity contribution in [3.05, 3.63) is 42.0 Å². The van der Waals surface area contributed by atoms with Crippen LogP contribution in [0.3, 0.4) is 0 Å².